The molecule has 2 heterocycles. The number of aromatic nitrogens is 2. The molecule has 5 heteroatoms. The number of carbonyl (C=O) groups excluding carboxylic acids is 1. The fourth-order valence-electron chi connectivity index (χ4n) is 2.88. The lowest BCUT2D eigenvalue weighted by Gasteiger charge is -2.22. The minimum absolute atomic E-state index is 0.154. The van der Waals surface area contributed by atoms with Gasteiger partial charge in [-0.15, -0.1) is 0 Å². The highest BCUT2D eigenvalue weighted by molar-refractivity contribution is 5.95. The van der Waals surface area contributed by atoms with Crippen LogP contribution in [0.4, 0.5) is 5.82 Å². The fourth-order valence-corrected chi connectivity index (χ4v) is 2.88. The number of carbonyl (C=O) groups is 1. The standard InChI is InChI=1S/C21H22N4O/c1-14-6-7-15(2)18(11-14)20(17-5-4-9-23-13-17)25-21(26)16-8-10-24-19(12-16)22-3/h4-13,20H,1-3H3,(H,22,24)(H,25,26). The molecule has 2 aromatic heterocycles. The molecule has 1 aromatic carbocycles. The van der Waals surface area contributed by atoms with Crippen LogP contribution in [0.5, 0.6) is 0 Å². The van der Waals surface area contributed by atoms with Gasteiger partial charge in [0.2, 0.25) is 0 Å². The molecule has 1 atom stereocenters. The number of benzene rings is 1. The number of hydrogen-bond acceptors (Lipinski definition) is 4. The summed E-state index contributed by atoms with van der Waals surface area (Å²) < 4.78 is 0. The van der Waals surface area contributed by atoms with E-state index >= 15 is 0 Å². The van der Waals surface area contributed by atoms with E-state index in [4.69, 9.17) is 0 Å². The van der Waals surface area contributed by atoms with Crippen LogP contribution in [0.2, 0.25) is 0 Å². The highest BCUT2D eigenvalue weighted by Crippen LogP contribution is 2.26. The van der Waals surface area contributed by atoms with Crippen LogP contribution in [0, 0.1) is 13.8 Å². The first kappa shape index (κ1) is 17.6. The Bertz CT molecular complexity index is 909. The first-order valence-corrected chi connectivity index (χ1v) is 8.50. The van der Waals surface area contributed by atoms with Gasteiger partial charge < -0.3 is 10.6 Å². The molecule has 132 valence electrons. The number of nitrogens with zero attached hydrogens (tertiary/aromatic N) is 2. The third-order valence-corrected chi connectivity index (χ3v) is 4.32. The number of aryl methyl sites for hydroxylation is 2. The van der Waals surface area contributed by atoms with E-state index in [1.807, 2.05) is 19.1 Å². The fraction of sp³-hybridized carbons (Fsp3) is 0.190. The normalized spacial score (nSPS) is 11.7. The second-order valence-corrected chi connectivity index (χ2v) is 6.23. The van der Waals surface area contributed by atoms with Crippen LogP contribution in [0.25, 0.3) is 0 Å². The van der Waals surface area contributed by atoms with Gasteiger partial charge in [0.25, 0.3) is 5.91 Å². The molecule has 26 heavy (non-hydrogen) atoms. The molecule has 0 saturated carbocycles. The van der Waals surface area contributed by atoms with E-state index in [0.29, 0.717) is 11.4 Å². The predicted octanol–water partition coefficient (Wildman–Crippen LogP) is 3.65. The highest BCUT2D eigenvalue weighted by Gasteiger charge is 2.20. The summed E-state index contributed by atoms with van der Waals surface area (Å²) in [6, 6.07) is 13.3. The minimum Gasteiger partial charge on any atom is -0.373 e. The highest BCUT2D eigenvalue weighted by atomic mass is 16.1. The molecular weight excluding hydrogens is 324 g/mol. The maximum absolute atomic E-state index is 12.9. The van der Waals surface area contributed by atoms with Gasteiger partial charge in [0.15, 0.2) is 0 Å². The van der Waals surface area contributed by atoms with Crippen LogP contribution in [0.15, 0.2) is 61.1 Å². The smallest absolute Gasteiger partial charge is 0.252 e. The van der Waals surface area contributed by atoms with Crippen molar-refractivity contribution < 1.29 is 4.79 Å². The van der Waals surface area contributed by atoms with Gasteiger partial charge in [-0.1, -0.05) is 29.8 Å². The molecule has 0 radical (unpaired) electrons. The van der Waals surface area contributed by atoms with Gasteiger partial charge >= 0.3 is 0 Å². The minimum atomic E-state index is -0.276. The summed E-state index contributed by atoms with van der Waals surface area (Å²) in [6.45, 7) is 4.10. The Balaban J connectivity index is 1.98. The maximum Gasteiger partial charge on any atom is 0.252 e. The van der Waals surface area contributed by atoms with E-state index in [1.54, 1.807) is 37.8 Å². The SMILES string of the molecule is CNc1cc(C(=O)NC(c2cccnc2)c2cc(C)ccc2C)ccn1. The van der Waals surface area contributed by atoms with E-state index in [1.165, 1.54) is 0 Å². The number of pyridine rings is 2. The van der Waals surface area contributed by atoms with Crippen molar-refractivity contribution in [2.45, 2.75) is 19.9 Å². The van der Waals surface area contributed by atoms with Crippen LogP contribution < -0.4 is 10.6 Å². The third kappa shape index (κ3) is 3.88. The molecule has 0 bridgehead atoms. The second kappa shape index (κ2) is 7.78. The van der Waals surface area contributed by atoms with Gasteiger partial charge in [-0.05, 0) is 48.7 Å². The molecule has 3 aromatic rings. The van der Waals surface area contributed by atoms with Gasteiger partial charge in [-0.2, -0.15) is 0 Å². The maximum atomic E-state index is 12.9. The molecule has 0 aliphatic carbocycles. The molecule has 2 N–H and O–H groups in total. The van der Waals surface area contributed by atoms with Crippen molar-refractivity contribution in [1.82, 2.24) is 15.3 Å². The van der Waals surface area contributed by atoms with Crippen LogP contribution >= 0.6 is 0 Å². The van der Waals surface area contributed by atoms with E-state index in [2.05, 4.69) is 45.7 Å². The molecule has 0 fully saturated rings. The largest absolute Gasteiger partial charge is 0.373 e. The zero-order valence-electron chi connectivity index (χ0n) is 15.2. The molecule has 0 spiro atoms. The lowest BCUT2D eigenvalue weighted by atomic mass is 9.94. The van der Waals surface area contributed by atoms with Crippen molar-refractivity contribution in [3.63, 3.8) is 0 Å². The molecule has 1 amide bonds. The summed E-state index contributed by atoms with van der Waals surface area (Å²) in [6.07, 6.45) is 5.14. The first-order chi connectivity index (χ1) is 12.6. The number of amides is 1. The number of anilines is 1. The van der Waals surface area contributed by atoms with Gasteiger partial charge in [-0.3, -0.25) is 9.78 Å². The lowest BCUT2D eigenvalue weighted by Crippen LogP contribution is -2.30. The number of nitrogens with one attached hydrogen (secondary N) is 2. The Morgan fingerprint density at radius 2 is 1.92 bits per heavy atom. The quantitative estimate of drug-likeness (QED) is 0.740. The van der Waals surface area contributed by atoms with E-state index in [0.717, 1.165) is 22.3 Å². The number of hydrogen-bond donors (Lipinski definition) is 2. The summed E-state index contributed by atoms with van der Waals surface area (Å²) >= 11 is 0. The van der Waals surface area contributed by atoms with Crippen molar-refractivity contribution >= 4 is 11.7 Å². The van der Waals surface area contributed by atoms with Gasteiger partial charge in [0, 0.05) is 31.2 Å². The van der Waals surface area contributed by atoms with E-state index in [-0.39, 0.29) is 11.9 Å². The van der Waals surface area contributed by atoms with Crippen LogP contribution in [0.3, 0.4) is 0 Å². The van der Waals surface area contributed by atoms with Crippen LogP contribution in [-0.2, 0) is 0 Å². The molecular formula is C21H22N4O. The number of rotatable bonds is 5. The van der Waals surface area contributed by atoms with Crippen molar-refractivity contribution in [3.05, 3.63) is 88.9 Å². The van der Waals surface area contributed by atoms with Crippen molar-refractivity contribution in [2.75, 3.05) is 12.4 Å². The van der Waals surface area contributed by atoms with Gasteiger partial charge in [-0.25, -0.2) is 4.98 Å². The summed E-state index contributed by atoms with van der Waals surface area (Å²) in [5.41, 5.74) is 4.83. The molecule has 5 nitrogen and oxygen atoms in total. The molecule has 0 aliphatic heterocycles. The first-order valence-electron chi connectivity index (χ1n) is 8.50. The van der Waals surface area contributed by atoms with Gasteiger partial charge in [0.1, 0.15) is 5.82 Å². The lowest BCUT2D eigenvalue weighted by molar-refractivity contribution is 0.0943. The summed E-state index contributed by atoms with van der Waals surface area (Å²) in [7, 11) is 1.78. The van der Waals surface area contributed by atoms with E-state index in [9.17, 15) is 4.79 Å². The molecule has 3 rings (SSSR count). The zero-order valence-corrected chi connectivity index (χ0v) is 15.2. The van der Waals surface area contributed by atoms with Crippen LogP contribution in [-0.4, -0.2) is 22.9 Å². The Morgan fingerprint density at radius 1 is 1.08 bits per heavy atom. The van der Waals surface area contributed by atoms with Crippen molar-refractivity contribution in [2.24, 2.45) is 0 Å². The topological polar surface area (TPSA) is 66.9 Å². The Morgan fingerprint density at radius 3 is 2.65 bits per heavy atom. The predicted molar refractivity (Wildman–Crippen MR) is 103 cm³/mol. The third-order valence-electron chi connectivity index (χ3n) is 4.32. The summed E-state index contributed by atoms with van der Waals surface area (Å²) in [5.74, 6) is 0.501. The van der Waals surface area contributed by atoms with Crippen molar-refractivity contribution in [1.29, 1.82) is 0 Å². The second-order valence-electron chi connectivity index (χ2n) is 6.23. The Hall–Kier alpha value is -3.21. The molecule has 1 unspecified atom stereocenters. The van der Waals surface area contributed by atoms with Crippen molar-refractivity contribution in [3.8, 4) is 0 Å². The Labute approximate surface area is 153 Å². The Kier molecular flexibility index (Phi) is 5.27. The average molecular weight is 346 g/mol. The summed E-state index contributed by atoms with van der Waals surface area (Å²) in [4.78, 5) is 21.3. The van der Waals surface area contributed by atoms with Gasteiger partial charge in [0.05, 0.1) is 6.04 Å². The molecule has 0 saturated heterocycles. The zero-order chi connectivity index (χ0) is 18.5. The van der Waals surface area contributed by atoms with E-state index < -0.39 is 0 Å². The summed E-state index contributed by atoms with van der Waals surface area (Å²) in [5, 5.41) is 6.11. The molecule has 0 aliphatic rings. The monoisotopic (exact) mass is 346 g/mol. The van der Waals surface area contributed by atoms with Crippen LogP contribution in [0.1, 0.15) is 38.7 Å². The average Bonchev–Trinajstić information content (AvgIpc) is 2.68.